The summed E-state index contributed by atoms with van der Waals surface area (Å²) in [6.07, 6.45) is 4.68. The molecule has 116 valence electrons. The quantitative estimate of drug-likeness (QED) is 0.851. The summed E-state index contributed by atoms with van der Waals surface area (Å²) < 4.78 is 1.53. The van der Waals surface area contributed by atoms with Gasteiger partial charge in [0.05, 0.1) is 11.9 Å². The van der Waals surface area contributed by atoms with Gasteiger partial charge in [0.15, 0.2) is 0 Å². The number of piperidine rings is 1. The van der Waals surface area contributed by atoms with Crippen LogP contribution in [0.5, 0.6) is 0 Å². The molecule has 1 saturated heterocycles. The Morgan fingerprint density at radius 2 is 2.05 bits per heavy atom. The van der Waals surface area contributed by atoms with Gasteiger partial charge in [-0.1, -0.05) is 0 Å². The summed E-state index contributed by atoms with van der Waals surface area (Å²) >= 11 is 0. The van der Waals surface area contributed by atoms with E-state index in [2.05, 4.69) is 10.4 Å². The number of amides is 2. The monoisotopic (exact) mass is 293 g/mol. The molecule has 21 heavy (non-hydrogen) atoms. The molecule has 2 amide bonds. The van der Waals surface area contributed by atoms with Gasteiger partial charge >= 0.3 is 0 Å². The summed E-state index contributed by atoms with van der Waals surface area (Å²) in [6, 6.07) is -0.560. The standard InChI is InChI=1S/C14H23N5O2/c1-3-19-12(11(15)9-16-19)13(20)17-10(2)14(21)18-7-5-4-6-8-18/h9-10H,3-8,15H2,1-2H3,(H,17,20). The molecule has 1 aromatic rings. The predicted molar refractivity (Wildman–Crippen MR) is 79.7 cm³/mol. The SMILES string of the molecule is CCn1ncc(N)c1C(=O)NC(C)C(=O)N1CCCCC1. The van der Waals surface area contributed by atoms with Crippen molar-refractivity contribution in [3.05, 3.63) is 11.9 Å². The van der Waals surface area contributed by atoms with Crippen LogP contribution in [0.1, 0.15) is 43.6 Å². The lowest BCUT2D eigenvalue weighted by atomic mass is 10.1. The number of nitrogen functional groups attached to an aromatic ring is 1. The van der Waals surface area contributed by atoms with Crippen LogP contribution in [0, 0.1) is 0 Å². The lowest BCUT2D eigenvalue weighted by molar-refractivity contribution is -0.133. The fourth-order valence-electron chi connectivity index (χ4n) is 2.60. The van der Waals surface area contributed by atoms with E-state index in [4.69, 9.17) is 5.73 Å². The Bertz CT molecular complexity index is 519. The van der Waals surface area contributed by atoms with Gasteiger partial charge in [-0.15, -0.1) is 0 Å². The maximum Gasteiger partial charge on any atom is 0.272 e. The molecule has 0 radical (unpaired) electrons. The van der Waals surface area contributed by atoms with E-state index in [9.17, 15) is 9.59 Å². The number of aryl methyl sites for hydroxylation is 1. The summed E-state index contributed by atoms with van der Waals surface area (Å²) in [7, 11) is 0. The van der Waals surface area contributed by atoms with Crippen LogP contribution >= 0.6 is 0 Å². The number of hydrogen-bond acceptors (Lipinski definition) is 4. The van der Waals surface area contributed by atoms with Crippen molar-refractivity contribution < 1.29 is 9.59 Å². The fraction of sp³-hybridized carbons (Fsp3) is 0.643. The molecule has 0 saturated carbocycles. The van der Waals surface area contributed by atoms with Crippen molar-refractivity contribution in [1.82, 2.24) is 20.0 Å². The summed E-state index contributed by atoms with van der Waals surface area (Å²) in [6.45, 7) is 5.68. The second-order valence-corrected chi connectivity index (χ2v) is 5.35. The fourth-order valence-corrected chi connectivity index (χ4v) is 2.60. The summed E-state index contributed by atoms with van der Waals surface area (Å²) in [5.41, 5.74) is 6.41. The molecule has 7 heteroatoms. The minimum Gasteiger partial charge on any atom is -0.396 e. The third-order valence-electron chi connectivity index (χ3n) is 3.77. The smallest absolute Gasteiger partial charge is 0.272 e. The molecule has 3 N–H and O–H groups in total. The van der Waals surface area contributed by atoms with Gasteiger partial charge in [-0.3, -0.25) is 14.3 Å². The molecular formula is C14H23N5O2. The van der Waals surface area contributed by atoms with Crippen molar-refractivity contribution >= 4 is 17.5 Å². The van der Waals surface area contributed by atoms with E-state index in [1.807, 2.05) is 11.8 Å². The first kappa shape index (κ1) is 15.3. The van der Waals surface area contributed by atoms with Crippen molar-refractivity contribution in [3.8, 4) is 0 Å². The Morgan fingerprint density at radius 1 is 1.38 bits per heavy atom. The van der Waals surface area contributed by atoms with Gasteiger partial charge in [-0.2, -0.15) is 5.10 Å². The average molecular weight is 293 g/mol. The number of carbonyl (C=O) groups excluding carboxylic acids is 2. The van der Waals surface area contributed by atoms with Gasteiger partial charge in [0, 0.05) is 19.6 Å². The number of carbonyl (C=O) groups is 2. The minimum atomic E-state index is -0.560. The largest absolute Gasteiger partial charge is 0.396 e. The van der Waals surface area contributed by atoms with Crippen LogP contribution in [0.4, 0.5) is 5.69 Å². The molecule has 0 aliphatic carbocycles. The molecule has 0 spiro atoms. The number of rotatable bonds is 4. The van der Waals surface area contributed by atoms with Crippen LogP contribution in [0.15, 0.2) is 6.20 Å². The maximum absolute atomic E-state index is 12.3. The molecule has 0 aromatic carbocycles. The third kappa shape index (κ3) is 3.34. The highest BCUT2D eigenvalue weighted by Crippen LogP contribution is 2.12. The number of nitrogens with zero attached hydrogens (tertiary/aromatic N) is 3. The summed E-state index contributed by atoms with van der Waals surface area (Å²) in [5.74, 6) is -0.395. The molecule has 0 bridgehead atoms. The second kappa shape index (κ2) is 6.60. The highest BCUT2D eigenvalue weighted by molar-refractivity contribution is 5.99. The van der Waals surface area contributed by atoms with Crippen molar-refractivity contribution in [3.63, 3.8) is 0 Å². The summed E-state index contributed by atoms with van der Waals surface area (Å²) in [5, 5.41) is 6.76. The highest BCUT2D eigenvalue weighted by atomic mass is 16.2. The zero-order chi connectivity index (χ0) is 15.4. The summed E-state index contributed by atoms with van der Waals surface area (Å²) in [4.78, 5) is 26.4. The Morgan fingerprint density at radius 3 is 2.67 bits per heavy atom. The van der Waals surface area contributed by atoms with Gasteiger partial charge < -0.3 is 16.0 Å². The van der Waals surface area contributed by atoms with E-state index in [0.29, 0.717) is 17.9 Å². The van der Waals surface area contributed by atoms with Crippen molar-refractivity contribution in [2.24, 2.45) is 0 Å². The Balaban J connectivity index is 2.01. The topological polar surface area (TPSA) is 93.2 Å². The molecule has 2 rings (SSSR count). The lowest BCUT2D eigenvalue weighted by Crippen LogP contribution is -2.48. The predicted octanol–water partition coefficient (Wildman–Crippen LogP) is 0.616. The number of nitrogens with one attached hydrogen (secondary N) is 1. The van der Waals surface area contributed by atoms with Gasteiger partial charge in [-0.05, 0) is 33.1 Å². The maximum atomic E-state index is 12.3. The highest BCUT2D eigenvalue weighted by Gasteiger charge is 2.25. The van der Waals surface area contributed by atoms with Crippen LogP contribution in [0.25, 0.3) is 0 Å². The molecule has 1 aliphatic rings. The lowest BCUT2D eigenvalue weighted by Gasteiger charge is -2.29. The number of aromatic nitrogens is 2. The number of hydrogen-bond donors (Lipinski definition) is 2. The van der Waals surface area contributed by atoms with Crippen LogP contribution in [-0.2, 0) is 11.3 Å². The molecule has 1 atom stereocenters. The van der Waals surface area contributed by atoms with E-state index in [1.165, 1.54) is 10.9 Å². The van der Waals surface area contributed by atoms with Crippen molar-refractivity contribution in [2.45, 2.75) is 45.7 Å². The van der Waals surface area contributed by atoms with E-state index in [1.54, 1.807) is 6.92 Å². The average Bonchev–Trinajstić information content (AvgIpc) is 2.88. The van der Waals surface area contributed by atoms with Crippen molar-refractivity contribution in [1.29, 1.82) is 0 Å². The third-order valence-corrected chi connectivity index (χ3v) is 3.77. The molecular weight excluding hydrogens is 270 g/mol. The molecule has 7 nitrogen and oxygen atoms in total. The van der Waals surface area contributed by atoms with Crippen LogP contribution in [0.2, 0.25) is 0 Å². The van der Waals surface area contributed by atoms with Gasteiger partial charge in [0.1, 0.15) is 11.7 Å². The molecule has 2 heterocycles. The van der Waals surface area contributed by atoms with Crippen LogP contribution in [-0.4, -0.2) is 45.6 Å². The molecule has 1 aromatic heterocycles. The van der Waals surface area contributed by atoms with Crippen molar-refractivity contribution in [2.75, 3.05) is 18.8 Å². The number of nitrogens with two attached hydrogens (primary N) is 1. The van der Waals surface area contributed by atoms with Crippen LogP contribution < -0.4 is 11.1 Å². The molecule has 1 unspecified atom stereocenters. The van der Waals surface area contributed by atoms with E-state index >= 15 is 0 Å². The van der Waals surface area contributed by atoms with E-state index in [-0.39, 0.29) is 11.8 Å². The van der Waals surface area contributed by atoms with Gasteiger partial charge in [-0.25, -0.2) is 0 Å². The second-order valence-electron chi connectivity index (χ2n) is 5.35. The first-order valence-corrected chi connectivity index (χ1v) is 7.45. The minimum absolute atomic E-state index is 0.0378. The Kier molecular flexibility index (Phi) is 4.82. The molecule has 1 aliphatic heterocycles. The molecule has 1 fully saturated rings. The van der Waals surface area contributed by atoms with E-state index < -0.39 is 6.04 Å². The van der Waals surface area contributed by atoms with Crippen LogP contribution in [0.3, 0.4) is 0 Å². The first-order chi connectivity index (χ1) is 10.0. The zero-order valence-corrected chi connectivity index (χ0v) is 12.6. The normalized spacial score (nSPS) is 16.6. The zero-order valence-electron chi connectivity index (χ0n) is 12.6. The Labute approximate surface area is 124 Å². The first-order valence-electron chi connectivity index (χ1n) is 7.45. The van der Waals surface area contributed by atoms with Gasteiger partial charge in [0.25, 0.3) is 5.91 Å². The van der Waals surface area contributed by atoms with E-state index in [0.717, 1.165) is 32.4 Å². The van der Waals surface area contributed by atoms with Gasteiger partial charge in [0.2, 0.25) is 5.91 Å². The number of anilines is 1. The Hall–Kier alpha value is -2.05. The number of likely N-dealkylation sites (tertiary alicyclic amines) is 1.